The van der Waals surface area contributed by atoms with Crippen LogP contribution in [0.3, 0.4) is 0 Å². The van der Waals surface area contributed by atoms with E-state index in [4.69, 9.17) is 4.99 Å². The van der Waals surface area contributed by atoms with Gasteiger partial charge in [0, 0.05) is 25.3 Å². The Morgan fingerprint density at radius 1 is 1.29 bits per heavy atom. The number of aliphatic hydroxyl groups is 1. The van der Waals surface area contributed by atoms with Gasteiger partial charge < -0.3 is 15.7 Å². The normalized spacial score (nSPS) is 12.5. The number of benzene rings is 1. The number of hydrogen-bond donors (Lipinski definition) is 4. The average molecular weight is 500 g/mol. The molecule has 1 atom stereocenters. The molecule has 28 heavy (non-hydrogen) atoms. The molecule has 0 aliphatic rings. The summed E-state index contributed by atoms with van der Waals surface area (Å²) < 4.78 is 0. The van der Waals surface area contributed by atoms with E-state index < -0.39 is 0 Å². The van der Waals surface area contributed by atoms with Crippen LogP contribution >= 0.6 is 24.0 Å². The highest BCUT2D eigenvalue weighted by Gasteiger charge is 2.11. The Morgan fingerprint density at radius 2 is 2.11 bits per heavy atom. The van der Waals surface area contributed by atoms with E-state index in [2.05, 4.69) is 58.7 Å². The van der Waals surface area contributed by atoms with Gasteiger partial charge in [-0.15, -0.1) is 24.0 Å². The third-order valence-electron chi connectivity index (χ3n) is 4.28. The lowest BCUT2D eigenvalue weighted by Crippen LogP contribution is -2.40. The Hall–Kier alpha value is -1.68. The second kappa shape index (κ2) is 13.5. The molecule has 8 heteroatoms. The summed E-state index contributed by atoms with van der Waals surface area (Å²) in [6.45, 7) is 8.90. The van der Waals surface area contributed by atoms with Crippen molar-refractivity contribution >= 4 is 29.9 Å². The Balaban J connectivity index is 0.00000392. The molecule has 4 N–H and O–H groups in total. The maximum absolute atomic E-state index is 9.29. The van der Waals surface area contributed by atoms with Crippen molar-refractivity contribution in [2.24, 2.45) is 16.8 Å². The summed E-state index contributed by atoms with van der Waals surface area (Å²) in [5.41, 5.74) is 2.10. The van der Waals surface area contributed by atoms with E-state index in [1.54, 1.807) is 0 Å². The van der Waals surface area contributed by atoms with Crippen molar-refractivity contribution in [2.75, 3.05) is 19.7 Å². The lowest BCUT2D eigenvalue weighted by molar-refractivity contribution is 0.243. The van der Waals surface area contributed by atoms with Gasteiger partial charge in [0.05, 0.1) is 6.54 Å². The Kier molecular flexibility index (Phi) is 11.7. The molecule has 0 radical (unpaired) electrons. The molecule has 0 saturated heterocycles. The number of aliphatic imine (C=N–C) groups is 1. The molecule has 0 bridgehead atoms. The van der Waals surface area contributed by atoms with Gasteiger partial charge in [-0.1, -0.05) is 32.0 Å². The molecule has 2 rings (SSSR count). The summed E-state index contributed by atoms with van der Waals surface area (Å²) in [5, 5.41) is 22.8. The van der Waals surface area contributed by atoms with E-state index in [1.807, 2.05) is 12.1 Å². The molecule has 0 aliphatic heterocycles. The quantitative estimate of drug-likeness (QED) is 0.228. The summed E-state index contributed by atoms with van der Waals surface area (Å²) in [4.78, 5) is 8.90. The molecular weight excluding hydrogens is 467 g/mol. The number of aliphatic hydroxyl groups excluding tert-OH is 1. The molecule has 1 aromatic carbocycles. The molecule has 0 amide bonds. The van der Waals surface area contributed by atoms with Gasteiger partial charge in [0.15, 0.2) is 11.8 Å². The third kappa shape index (κ3) is 8.55. The number of aromatic amines is 1. The Bertz CT molecular complexity index is 690. The van der Waals surface area contributed by atoms with E-state index in [9.17, 15) is 5.11 Å². The topological polar surface area (TPSA) is 98.2 Å². The summed E-state index contributed by atoms with van der Waals surface area (Å²) >= 11 is 0. The van der Waals surface area contributed by atoms with E-state index in [-0.39, 0.29) is 30.6 Å². The standard InChI is InChI=1S/C20H32N6O.HI/c1-4-21-20(23-13-17(8-9-27)10-15(2)3)22-12-16-6-5-7-18(11-16)19-24-14-25-26-19;/h5-7,11,14-15,17,27H,4,8-10,12-13H2,1-3H3,(H2,21,22,23)(H,24,25,26);1H. The van der Waals surface area contributed by atoms with Crippen LogP contribution in [-0.4, -0.2) is 45.9 Å². The van der Waals surface area contributed by atoms with Crippen molar-refractivity contribution in [1.29, 1.82) is 0 Å². The molecule has 1 aromatic heterocycles. The van der Waals surface area contributed by atoms with Gasteiger partial charge in [0.25, 0.3) is 0 Å². The van der Waals surface area contributed by atoms with Crippen LogP contribution in [0.1, 0.15) is 39.2 Å². The first-order valence-corrected chi connectivity index (χ1v) is 9.70. The van der Waals surface area contributed by atoms with Gasteiger partial charge >= 0.3 is 0 Å². The van der Waals surface area contributed by atoms with E-state index in [0.29, 0.717) is 18.4 Å². The molecule has 0 saturated carbocycles. The number of aromatic nitrogens is 3. The smallest absolute Gasteiger partial charge is 0.191 e. The molecule has 2 aromatic rings. The van der Waals surface area contributed by atoms with Crippen LogP contribution < -0.4 is 10.6 Å². The predicted octanol–water partition coefficient (Wildman–Crippen LogP) is 3.19. The van der Waals surface area contributed by atoms with Crippen molar-refractivity contribution < 1.29 is 5.11 Å². The summed E-state index contributed by atoms with van der Waals surface area (Å²) in [7, 11) is 0. The Labute approximate surface area is 184 Å². The van der Waals surface area contributed by atoms with E-state index in [0.717, 1.165) is 48.8 Å². The summed E-state index contributed by atoms with van der Waals surface area (Å²) in [6, 6.07) is 8.13. The van der Waals surface area contributed by atoms with Crippen LogP contribution in [0.5, 0.6) is 0 Å². The number of nitrogens with one attached hydrogen (secondary N) is 3. The molecule has 0 aliphatic carbocycles. The zero-order valence-electron chi connectivity index (χ0n) is 17.0. The minimum Gasteiger partial charge on any atom is -0.396 e. The van der Waals surface area contributed by atoms with Crippen LogP contribution in [-0.2, 0) is 6.54 Å². The molecule has 1 unspecified atom stereocenters. The van der Waals surface area contributed by atoms with Crippen molar-refractivity contribution in [3.63, 3.8) is 0 Å². The Morgan fingerprint density at radius 3 is 2.75 bits per heavy atom. The minimum absolute atomic E-state index is 0. The molecular formula is C20H33IN6O. The molecule has 0 fully saturated rings. The van der Waals surface area contributed by atoms with Gasteiger partial charge in [-0.25, -0.2) is 9.98 Å². The van der Waals surface area contributed by atoms with Gasteiger partial charge in [-0.3, -0.25) is 5.10 Å². The van der Waals surface area contributed by atoms with Gasteiger partial charge in [0.1, 0.15) is 6.33 Å². The van der Waals surface area contributed by atoms with Gasteiger partial charge in [-0.2, -0.15) is 5.10 Å². The minimum atomic E-state index is 0. The predicted molar refractivity (Wildman–Crippen MR) is 125 cm³/mol. The van der Waals surface area contributed by atoms with Crippen molar-refractivity contribution in [1.82, 2.24) is 25.8 Å². The number of hydrogen-bond acceptors (Lipinski definition) is 4. The zero-order chi connectivity index (χ0) is 19.5. The number of guanidine groups is 1. The first-order chi connectivity index (χ1) is 13.1. The highest BCUT2D eigenvalue weighted by molar-refractivity contribution is 14.0. The largest absolute Gasteiger partial charge is 0.396 e. The maximum atomic E-state index is 9.29. The summed E-state index contributed by atoms with van der Waals surface area (Å²) in [6.07, 6.45) is 3.41. The number of halogens is 1. The van der Waals surface area contributed by atoms with E-state index in [1.165, 1.54) is 6.33 Å². The molecule has 0 spiro atoms. The van der Waals surface area contributed by atoms with Gasteiger partial charge in [0.2, 0.25) is 0 Å². The number of rotatable bonds is 10. The van der Waals surface area contributed by atoms with Crippen LogP contribution in [0.15, 0.2) is 35.6 Å². The van der Waals surface area contributed by atoms with Crippen LogP contribution in [0.4, 0.5) is 0 Å². The fourth-order valence-electron chi connectivity index (χ4n) is 3.07. The van der Waals surface area contributed by atoms with Crippen molar-refractivity contribution in [2.45, 2.75) is 40.2 Å². The average Bonchev–Trinajstić information content (AvgIpc) is 3.18. The van der Waals surface area contributed by atoms with Crippen molar-refractivity contribution in [3.8, 4) is 11.4 Å². The number of nitrogens with zero attached hydrogens (tertiary/aromatic N) is 3. The first kappa shape index (κ1) is 24.4. The molecule has 7 nitrogen and oxygen atoms in total. The van der Waals surface area contributed by atoms with E-state index >= 15 is 0 Å². The van der Waals surface area contributed by atoms with Crippen LogP contribution in [0, 0.1) is 11.8 Å². The summed E-state index contributed by atoms with van der Waals surface area (Å²) in [5.74, 6) is 2.61. The number of H-pyrrole nitrogens is 1. The molecule has 156 valence electrons. The maximum Gasteiger partial charge on any atom is 0.191 e. The monoisotopic (exact) mass is 500 g/mol. The highest BCUT2D eigenvalue weighted by atomic mass is 127. The SMILES string of the molecule is CCNC(=NCc1cccc(-c2ncn[nH]2)c1)NCC(CCO)CC(C)C.I. The van der Waals surface area contributed by atoms with Crippen molar-refractivity contribution in [3.05, 3.63) is 36.2 Å². The van der Waals surface area contributed by atoms with Crippen LogP contribution in [0.2, 0.25) is 0 Å². The second-order valence-corrected chi connectivity index (χ2v) is 7.12. The molecule has 1 heterocycles. The zero-order valence-corrected chi connectivity index (χ0v) is 19.3. The van der Waals surface area contributed by atoms with Gasteiger partial charge in [-0.05, 0) is 43.2 Å². The van der Waals surface area contributed by atoms with Crippen LogP contribution in [0.25, 0.3) is 11.4 Å². The third-order valence-corrected chi connectivity index (χ3v) is 4.28. The lowest BCUT2D eigenvalue weighted by atomic mass is 9.94. The first-order valence-electron chi connectivity index (χ1n) is 9.70. The lowest BCUT2D eigenvalue weighted by Gasteiger charge is -2.20. The highest BCUT2D eigenvalue weighted by Crippen LogP contribution is 2.16. The fraction of sp³-hybridized carbons (Fsp3) is 0.550. The fourth-order valence-corrected chi connectivity index (χ4v) is 3.07. The second-order valence-electron chi connectivity index (χ2n) is 7.12.